The maximum absolute atomic E-state index is 12.8. The van der Waals surface area contributed by atoms with Crippen molar-refractivity contribution in [1.82, 2.24) is 24.6 Å². The van der Waals surface area contributed by atoms with Crippen LogP contribution in [0, 0.1) is 6.92 Å². The Morgan fingerprint density at radius 1 is 1.04 bits per heavy atom. The predicted octanol–water partition coefficient (Wildman–Crippen LogP) is 9.59. The van der Waals surface area contributed by atoms with Crippen molar-refractivity contribution in [3.63, 3.8) is 0 Å². The fourth-order valence-corrected chi connectivity index (χ4v) is 8.49. The van der Waals surface area contributed by atoms with E-state index in [2.05, 4.69) is 29.5 Å². The fraction of sp³-hybridized carbons (Fsp3) is 0.474. The number of piperidine rings is 1. The number of likely N-dealkylation sites (tertiary alicyclic amines) is 1. The summed E-state index contributed by atoms with van der Waals surface area (Å²) in [7, 11) is 0. The number of hydrogen-bond donors (Lipinski definition) is 1. The minimum Gasteiger partial charge on any atom is -0.479 e. The molecule has 2 fully saturated rings. The average molecular weight is 686 g/mol. The number of carboxylic acid groups (broad SMARTS) is 1. The van der Waals surface area contributed by atoms with Crippen LogP contribution in [-0.4, -0.2) is 60.5 Å². The number of carboxylic acids is 1. The molecule has 1 atom stereocenters. The summed E-state index contributed by atoms with van der Waals surface area (Å²) < 4.78 is 9.20. The predicted molar refractivity (Wildman–Crippen MR) is 194 cm³/mol. The lowest BCUT2D eigenvalue weighted by Crippen LogP contribution is -2.44. The zero-order valence-electron chi connectivity index (χ0n) is 28.6. The first-order valence-electron chi connectivity index (χ1n) is 17.1. The van der Waals surface area contributed by atoms with E-state index in [0.717, 1.165) is 86.3 Å². The largest absolute Gasteiger partial charge is 0.479 e. The van der Waals surface area contributed by atoms with Crippen molar-refractivity contribution < 1.29 is 14.6 Å². The van der Waals surface area contributed by atoms with Gasteiger partial charge in [0.2, 0.25) is 0 Å². The zero-order valence-corrected chi connectivity index (χ0v) is 30.2. The van der Waals surface area contributed by atoms with Crippen LogP contribution in [0.15, 0.2) is 42.5 Å². The van der Waals surface area contributed by atoms with E-state index in [0.29, 0.717) is 16.5 Å². The number of hydrogen-bond acceptors (Lipinski definition) is 7. The van der Waals surface area contributed by atoms with E-state index in [1.165, 1.54) is 30.6 Å². The van der Waals surface area contributed by atoms with Crippen molar-refractivity contribution in [2.75, 3.05) is 13.1 Å². The Morgan fingerprint density at radius 2 is 1.75 bits per heavy atom. The molecule has 252 valence electrons. The standard InChI is InChI=1S/C38H44ClN5O3S/c1-21(2)44-29-15-14-27(40-33(29)32(42-44)24-16-18-43(19-17-24)26-8-7-9-26)36-41-28-20-22(3)30(34(37(45)46)47-38(4,5)6)31(35(28)48-36)23-10-12-25(39)13-11-23/h10-15,20-21,24,26,34H,7-9,16-19H2,1-6H3,(H,45,46)/t34-/m0/s1. The first-order valence-corrected chi connectivity index (χ1v) is 18.3. The Labute approximate surface area is 291 Å². The fourth-order valence-electron chi connectivity index (χ4n) is 7.27. The maximum atomic E-state index is 12.8. The molecular formula is C38H44ClN5O3S. The molecule has 5 aromatic rings. The number of benzene rings is 2. The first kappa shape index (κ1) is 33.1. The summed E-state index contributed by atoms with van der Waals surface area (Å²) in [5, 5.41) is 17.0. The Kier molecular flexibility index (Phi) is 8.85. The summed E-state index contributed by atoms with van der Waals surface area (Å²) in [6, 6.07) is 14.7. The van der Waals surface area contributed by atoms with Gasteiger partial charge in [0.1, 0.15) is 10.5 Å². The van der Waals surface area contributed by atoms with Crippen molar-refractivity contribution in [1.29, 1.82) is 0 Å². The number of rotatable bonds is 8. The molecule has 4 heterocycles. The molecule has 2 aromatic carbocycles. The van der Waals surface area contributed by atoms with Gasteiger partial charge in [0.15, 0.2) is 6.10 Å². The number of nitrogens with zero attached hydrogens (tertiary/aromatic N) is 5. The molecule has 0 unspecified atom stereocenters. The van der Waals surface area contributed by atoms with Crippen LogP contribution < -0.4 is 0 Å². The summed E-state index contributed by atoms with van der Waals surface area (Å²) in [6.45, 7) is 14.1. The molecule has 2 aliphatic rings. The van der Waals surface area contributed by atoms with E-state index < -0.39 is 17.7 Å². The Morgan fingerprint density at radius 3 is 2.35 bits per heavy atom. The molecule has 0 amide bonds. The normalized spacial score (nSPS) is 17.4. The summed E-state index contributed by atoms with van der Waals surface area (Å²) in [5.74, 6) is -0.660. The van der Waals surface area contributed by atoms with Gasteiger partial charge in [0.25, 0.3) is 0 Å². The second-order valence-electron chi connectivity index (χ2n) is 14.7. The molecule has 1 aliphatic carbocycles. The summed E-state index contributed by atoms with van der Waals surface area (Å²) >= 11 is 7.83. The van der Waals surface area contributed by atoms with Crippen LogP contribution in [0.2, 0.25) is 5.02 Å². The molecule has 0 spiro atoms. The quantitative estimate of drug-likeness (QED) is 0.174. The van der Waals surface area contributed by atoms with Gasteiger partial charge < -0.3 is 14.7 Å². The summed E-state index contributed by atoms with van der Waals surface area (Å²) in [5.41, 5.74) is 7.11. The number of ether oxygens (including phenoxy) is 1. The van der Waals surface area contributed by atoms with E-state index in [-0.39, 0.29) is 6.04 Å². The summed E-state index contributed by atoms with van der Waals surface area (Å²) in [4.78, 5) is 25.8. The minimum absolute atomic E-state index is 0.215. The Balaban J connectivity index is 1.35. The van der Waals surface area contributed by atoms with Crippen LogP contribution in [0.5, 0.6) is 0 Å². The minimum atomic E-state index is -1.17. The average Bonchev–Trinajstić information content (AvgIpc) is 3.60. The topological polar surface area (TPSA) is 93.4 Å². The highest BCUT2D eigenvalue weighted by Gasteiger charge is 2.34. The van der Waals surface area contributed by atoms with E-state index in [1.54, 1.807) is 0 Å². The van der Waals surface area contributed by atoms with Crippen molar-refractivity contribution in [3.8, 4) is 21.8 Å². The van der Waals surface area contributed by atoms with Gasteiger partial charge in [-0.05, 0) is 122 Å². The van der Waals surface area contributed by atoms with Gasteiger partial charge in [-0.1, -0.05) is 30.2 Å². The molecule has 48 heavy (non-hydrogen) atoms. The summed E-state index contributed by atoms with van der Waals surface area (Å²) in [6.07, 6.45) is 5.07. The van der Waals surface area contributed by atoms with Crippen molar-refractivity contribution in [3.05, 3.63) is 64.3 Å². The van der Waals surface area contributed by atoms with Crippen molar-refractivity contribution >= 4 is 50.2 Å². The molecule has 1 N–H and O–H groups in total. The number of pyridine rings is 1. The highest BCUT2D eigenvalue weighted by atomic mass is 35.5. The van der Waals surface area contributed by atoms with Gasteiger partial charge in [-0.3, -0.25) is 4.68 Å². The van der Waals surface area contributed by atoms with Gasteiger partial charge >= 0.3 is 5.97 Å². The van der Waals surface area contributed by atoms with Crippen LogP contribution in [0.25, 0.3) is 43.1 Å². The molecule has 1 aliphatic heterocycles. The first-order chi connectivity index (χ1) is 22.9. The number of aliphatic carboxylic acids is 1. The zero-order chi connectivity index (χ0) is 33.9. The third kappa shape index (κ3) is 6.26. The Bertz CT molecular complexity index is 1980. The second kappa shape index (κ2) is 12.8. The molecule has 7 rings (SSSR count). The van der Waals surface area contributed by atoms with E-state index in [4.69, 9.17) is 31.4 Å². The number of aromatic nitrogens is 4. The van der Waals surface area contributed by atoms with E-state index >= 15 is 0 Å². The number of carbonyl (C=O) groups is 1. The van der Waals surface area contributed by atoms with E-state index in [9.17, 15) is 9.90 Å². The van der Waals surface area contributed by atoms with Gasteiger partial charge in [-0.25, -0.2) is 14.8 Å². The van der Waals surface area contributed by atoms with Crippen LogP contribution in [0.3, 0.4) is 0 Å². The molecule has 3 aromatic heterocycles. The van der Waals surface area contributed by atoms with Gasteiger partial charge in [0, 0.05) is 34.2 Å². The monoisotopic (exact) mass is 685 g/mol. The van der Waals surface area contributed by atoms with Gasteiger partial charge in [-0.2, -0.15) is 5.10 Å². The van der Waals surface area contributed by atoms with Crippen LogP contribution >= 0.6 is 22.9 Å². The van der Waals surface area contributed by atoms with Gasteiger partial charge in [0.05, 0.1) is 32.7 Å². The smallest absolute Gasteiger partial charge is 0.337 e. The maximum Gasteiger partial charge on any atom is 0.337 e. The Hall–Kier alpha value is -3.37. The molecule has 1 saturated heterocycles. The molecule has 0 radical (unpaired) electrons. The third-order valence-corrected chi connectivity index (χ3v) is 11.2. The lowest BCUT2D eigenvalue weighted by atomic mass is 9.86. The van der Waals surface area contributed by atoms with Crippen molar-refractivity contribution in [2.45, 2.75) is 103 Å². The second-order valence-corrected chi connectivity index (χ2v) is 16.1. The lowest BCUT2D eigenvalue weighted by molar-refractivity contribution is -0.160. The molecular weight excluding hydrogens is 642 g/mol. The number of thiazole rings is 1. The molecule has 0 bridgehead atoms. The number of fused-ring (bicyclic) bond motifs is 2. The van der Waals surface area contributed by atoms with Crippen LogP contribution in [-0.2, 0) is 9.53 Å². The highest BCUT2D eigenvalue weighted by Crippen LogP contribution is 2.45. The third-order valence-electron chi connectivity index (χ3n) is 9.81. The molecule has 10 heteroatoms. The highest BCUT2D eigenvalue weighted by molar-refractivity contribution is 7.22. The van der Waals surface area contributed by atoms with Crippen LogP contribution in [0.4, 0.5) is 0 Å². The molecule has 8 nitrogen and oxygen atoms in total. The van der Waals surface area contributed by atoms with E-state index in [1.807, 2.05) is 64.1 Å². The SMILES string of the molecule is Cc1cc2nc(-c3ccc4c(n3)c(C3CCN(C5CCC5)CC3)nn4C(C)C)sc2c(-c2ccc(Cl)cc2)c1[C@H](OC(C)(C)C)C(=O)O. The number of aryl methyl sites for hydroxylation is 1. The molecule has 1 saturated carbocycles. The number of halogens is 1. The van der Waals surface area contributed by atoms with Gasteiger partial charge in [-0.15, -0.1) is 11.3 Å². The lowest BCUT2D eigenvalue weighted by Gasteiger charge is -2.41. The van der Waals surface area contributed by atoms with Crippen LogP contribution in [0.1, 0.15) is 102 Å². The van der Waals surface area contributed by atoms with Crippen molar-refractivity contribution in [2.24, 2.45) is 0 Å².